The van der Waals surface area contributed by atoms with E-state index in [1.54, 1.807) is 31.5 Å². The number of ether oxygens (including phenoxy) is 4. The molecular formula is C29H26FN5O5S. The van der Waals surface area contributed by atoms with Gasteiger partial charge >= 0.3 is 6.09 Å². The quantitative estimate of drug-likeness (QED) is 0.238. The number of carbonyl (C=O) groups is 1. The molecule has 1 aliphatic carbocycles. The number of aryl methyl sites for hydroxylation is 1. The number of fused-ring (bicyclic) bond motifs is 2. The number of anilines is 1. The van der Waals surface area contributed by atoms with Gasteiger partial charge in [-0.15, -0.1) is 11.3 Å². The molecule has 1 saturated carbocycles. The number of hydrogen-bond acceptors (Lipinski definition) is 10. The zero-order valence-electron chi connectivity index (χ0n) is 22.5. The molecule has 1 aliphatic rings. The van der Waals surface area contributed by atoms with E-state index in [2.05, 4.69) is 25.3 Å². The first-order valence-electron chi connectivity index (χ1n) is 13.0. The number of amides is 1. The van der Waals surface area contributed by atoms with E-state index >= 15 is 4.39 Å². The molecule has 1 N–H and O–H groups in total. The Morgan fingerprint density at radius 1 is 0.976 bits per heavy atom. The first kappa shape index (κ1) is 26.6. The first-order valence-corrected chi connectivity index (χ1v) is 13.8. The second-order valence-electron chi connectivity index (χ2n) is 9.61. The second kappa shape index (κ2) is 11.1. The molecule has 1 amide bonds. The maximum atomic E-state index is 15.2. The van der Waals surface area contributed by atoms with E-state index in [1.807, 2.05) is 19.1 Å². The summed E-state index contributed by atoms with van der Waals surface area (Å²) in [5, 5.41) is 3.34. The van der Waals surface area contributed by atoms with Crippen LogP contribution in [0.1, 0.15) is 24.8 Å². The van der Waals surface area contributed by atoms with Gasteiger partial charge in [0.2, 0.25) is 11.8 Å². The number of aromatic nitrogens is 4. The van der Waals surface area contributed by atoms with E-state index in [0.717, 1.165) is 22.2 Å². The highest BCUT2D eigenvalue weighted by Gasteiger charge is 2.33. The highest BCUT2D eigenvalue weighted by atomic mass is 32.1. The number of carbonyl (C=O) groups excluding carboxylic acids is 1. The van der Waals surface area contributed by atoms with Gasteiger partial charge in [0.1, 0.15) is 17.2 Å². The maximum absolute atomic E-state index is 15.2. The lowest BCUT2D eigenvalue weighted by molar-refractivity contribution is 0.0401. The summed E-state index contributed by atoms with van der Waals surface area (Å²) in [5.41, 5.74) is 4.15. The van der Waals surface area contributed by atoms with Crippen molar-refractivity contribution in [1.29, 1.82) is 0 Å². The number of hydrogen-bond donors (Lipinski definition) is 1. The van der Waals surface area contributed by atoms with Crippen LogP contribution in [-0.2, 0) is 4.74 Å². The number of pyridine rings is 1. The zero-order chi connectivity index (χ0) is 28.5. The molecule has 0 unspecified atom stereocenters. The number of nitrogens with one attached hydrogen (secondary N) is 1. The summed E-state index contributed by atoms with van der Waals surface area (Å²) in [6, 6.07) is 10.2. The fourth-order valence-corrected chi connectivity index (χ4v) is 5.82. The van der Waals surface area contributed by atoms with Crippen molar-refractivity contribution in [3.63, 3.8) is 0 Å². The summed E-state index contributed by atoms with van der Waals surface area (Å²) in [6.07, 6.45) is 3.42. The molecule has 0 aliphatic heterocycles. The van der Waals surface area contributed by atoms with E-state index in [-0.39, 0.29) is 5.75 Å². The van der Waals surface area contributed by atoms with Crippen molar-refractivity contribution in [2.24, 2.45) is 0 Å². The third kappa shape index (κ3) is 5.55. The van der Waals surface area contributed by atoms with Crippen LogP contribution in [0, 0.1) is 12.7 Å². The van der Waals surface area contributed by atoms with Gasteiger partial charge in [-0.25, -0.2) is 29.1 Å². The number of methoxy groups -OCH3 is 2. The molecule has 1 fully saturated rings. The Morgan fingerprint density at radius 3 is 2.59 bits per heavy atom. The van der Waals surface area contributed by atoms with Gasteiger partial charge in [0, 0.05) is 23.8 Å². The predicted octanol–water partition coefficient (Wildman–Crippen LogP) is 6.31. The smallest absolute Gasteiger partial charge is 0.412 e. The molecule has 3 aromatic heterocycles. The standard InChI is InChI=1S/C29H26FN5O5S/c1-15-9-17(27-20(10-15)34-26(38-3)14-32-27)28-35-19-11-18(30)23(12-24(19)41-28)39-21-5-4-6-22(21)40-29(36)33-16-7-8-25(37-2)31-13-16/h7-14,21-22H,4-6H2,1-3H3,(H,33,36)/t21-,22+/m0/s1. The van der Waals surface area contributed by atoms with Crippen LogP contribution in [-0.4, -0.2) is 52.5 Å². The number of halogens is 1. The Labute approximate surface area is 238 Å². The van der Waals surface area contributed by atoms with Gasteiger partial charge < -0.3 is 18.9 Å². The van der Waals surface area contributed by atoms with Crippen LogP contribution in [0.5, 0.6) is 17.5 Å². The van der Waals surface area contributed by atoms with Crippen LogP contribution in [0.15, 0.2) is 48.8 Å². The SMILES string of the molecule is COc1ccc(NC(=O)O[C@@H]2CCC[C@@H]2Oc2cc3sc(-c4cc(C)cc5nc(OC)cnc45)nc3cc2F)cn1. The van der Waals surface area contributed by atoms with Crippen LogP contribution in [0.3, 0.4) is 0 Å². The minimum Gasteiger partial charge on any atom is -0.483 e. The Balaban J connectivity index is 1.21. The van der Waals surface area contributed by atoms with Gasteiger partial charge in [0.25, 0.3) is 0 Å². The lowest BCUT2D eigenvalue weighted by atomic mass is 10.1. The van der Waals surface area contributed by atoms with Crippen molar-refractivity contribution in [3.8, 4) is 28.1 Å². The van der Waals surface area contributed by atoms with Gasteiger partial charge in [-0.3, -0.25) is 5.32 Å². The van der Waals surface area contributed by atoms with Gasteiger partial charge in [-0.1, -0.05) is 0 Å². The van der Waals surface area contributed by atoms with Crippen LogP contribution in [0.25, 0.3) is 31.8 Å². The Kier molecular flexibility index (Phi) is 7.23. The van der Waals surface area contributed by atoms with Crippen LogP contribution in [0.4, 0.5) is 14.9 Å². The molecular weight excluding hydrogens is 549 g/mol. The lowest BCUT2D eigenvalue weighted by Crippen LogP contribution is -2.32. The monoisotopic (exact) mass is 575 g/mol. The predicted molar refractivity (Wildman–Crippen MR) is 152 cm³/mol. The molecule has 12 heteroatoms. The number of benzene rings is 2. The highest BCUT2D eigenvalue weighted by Crippen LogP contribution is 2.38. The molecule has 0 saturated heterocycles. The summed E-state index contributed by atoms with van der Waals surface area (Å²) in [6.45, 7) is 1.97. The molecule has 6 rings (SSSR count). The van der Waals surface area contributed by atoms with E-state index < -0.39 is 24.1 Å². The van der Waals surface area contributed by atoms with Gasteiger partial charge in [-0.05, 0) is 49.9 Å². The molecule has 0 radical (unpaired) electrons. The summed E-state index contributed by atoms with van der Waals surface area (Å²) in [7, 11) is 3.06. The van der Waals surface area contributed by atoms with Gasteiger partial charge in [-0.2, -0.15) is 0 Å². The van der Waals surface area contributed by atoms with Crippen LogP contribution < -0.4 is 19.5 Å². The Bertz CT molecular complexity index is 1750. The van der Waals surface area contributed by atoms with Crippen molar-refractivity contribution in [1.82, 2.24) is 19.9 Å². The molecule has 0 bridgehead atoms. The molecule has 10 nitrogen and oxygen atoms in total. The lowest BCUT2D eigenvalue weighted by Gasteiger charge is -2.22. The highest BCUT2D eigenvalue weighted by molar-refractivity contribution is 7.21. The average Bonchev–Trinajstić information content (AvgIpc) is 3.58. The van der Waals surface area contributed by atoms with Crippen molar-refractivity contribution in [3.05, 3.63) is 60.2 Å². The van der Waals surface area contributed by atoms with E-state index in [4.69, 9.17) is 18.9 Å². The largest absolute Gasteiger partial charge is 0.483 e. The van der Waals surface area contributed by atoms with Crippen molar-refractivity contribution < 1.29 is 28.1 Å². The number of thiazole rings is 1. The maximum Gasteiger partial charge on any atom is 0.412 e. The molecule has 2 atom stereocenters. The van der Waals surface area contributed by atoms with Crippen molar-refractivity contribution >= 4 is 44.4 Å². The number of nitrogens with zero attached hydrogens (tertiary/aromatic N) is 4. The van der Waals surface area contributed by atoms with Crippen molar-refractivity contribution in [2.75, 3.05) is 19.5 Å². The third-order valence-corrected chi connectivity index (χ3v) is 7.82. The molecule has 210 valence electrons. The normalized spacial score (nSPS) is 16.6. The average molecular weight is 576 g/mol. The van der Waals surface area contributed by atoms with Crippen molar-refractivity contribution in [2.45, 2.75) is 38.4 Å². The third-order valence-electron chi connectivity index (χ3n) is 6.77. The topological polar surface area (TPSA) is 118 Å². The van der Waals surface area contributed by atoms with E-state index in [1.165, 1.54) is 30.7 Å². The fourth-order valence-electron chi connectivity index (χ4n) is 4.83. The molecule has 0 spiro atoms. The second-order valence-corrected chi connectivity index (χ2v) is 10.6. The Morgan fingerprint density at radius 2 is 1.80 bits per heavy atom. The van der Waals surface area contributed by atoms with Gasteiger partial charge in [0.15, 0.2) is 11.6 Å². The van der Waals surface area contributed by atoms with Crippen LogP contribution in [0.2, 0.25) is 0 Å². The van der Waals surface area contributed by atoms with E-state index in [0.29, 0.717) is 51.8 Å². The van der Waals surface area contributed by atoms with E-state index in [9.17, 15) is 4.79 Å². The first-order chi connectivity index (χ1) is 19.9. The summed E-state index contributed by atoms with van der Waals surface area (Å²) >= 11 is 1.41. The van der Waals surface area contributed by atoms with Crippen LogP contribution >= 0.6 is 11.3 Å². The molecule has 5 aromatic rings. The molecule has 3 heterocycles. The minimum atomic E-state index is -0.633. The minimum absolute atomic E-state index is 0.0894. The summed E-state index contributed by atoms with van der Waals surface area (Å²) in [5.74, 6) is 0.410. The molecule has 41 heavy (non-hydrogen) atoms. The van der Waals surface area contributed by atoms with Gasteiger partial charge in [0.05, 0.1) is 53.6 Å². The zero-order valence-corrected chi connectivity index (χ0v) is 23.3. The summed E-state index contributed by atoms with van der Waals surface area (Å²) in [4.78, 5) is 30.3. The number of rotatable bonds is 7. The molecule has 2 aromatic carbocycles. The summed E-state index contributed by atoms with van der Waals surface area (Å²) < 4.78 is 37.9. The fraction of sp³-hybridized carbons (Fsp3) is 0.276. The Hall–Kier alpha value is -4.58.